The zero-order valence-corrected chi connectivity index (χ0v) is 9.87. The van der Waals surface area contributed by atoms with Crippen molar-refractivity contribution in [2.45, 2.75) is 26.2 Å². The Morgan fingerprint density at radius 2 is 2.25 bits per heavy atom. The van der Waals surface area contributed by atoms with Gasteiger partial charge in [-0.2, -0.15) is 0 Å². The molecule has 1 fully saturated rings. The first-order chi connectivity index (χ1) is 7.84. The fraction of sp³-hybridized carbons (Fsp3) is 0.667. The Labute approximate surface area is 96.9 Å². The van der Waals surface area contributed by atoms with Crippen molar-refractivity contribution >= 4 is 5.95 Å². The lowest BCUT2D eigenvalue weighted by Crippen LogP contribution is -2.30. The molecule has 1 saturated heterocycles. The monoisotopic (exact) mass is 220 g/mol. The fourth-order valence-electron chi connectivity index (χ4n) is 2.04. The molecule has 4 nitrogen and oxygen atoms in total. The predicted molar refractivity (Wildman–Crippen MR) is 65.5 cm³/mol. The van der Waals surface area contributed by atoms with Crippen LogP contribution in [0.2, 0.25) is 0 Å². The maximum atomic E-state index is 4.22. The molecule has 1 aliphatic rings. The zero-order valence-electron chi connectivity index (χ0n) is 9.87. The molecule has 1 aromatic heterocycles. The van der Waals surface area contributed by atoms with E-state index in [1.54, 1.807) is 0 Å². The van der Waals surface area contributed by atoms with Gasteiger partial charge in [0.1, 0.15) is 0 Å². The van der Waals surface area contributed by atoms with Gasteiger partial charge in [0.25, 0.3) is 0 Å². The molecule has 0 spiro atoms. The van der Waals surface area contributed by atoms with Crippen molar-refractivity contribution in [3.8, 4) is 0 Å². The first kappa shape index (κ1) is 11.3. The number of rotatable bonds is 4. The van der Waals surface area contributed by atoms with Crippen LogP contribution in [0.15, 0.2) is 12.4 Å². The van der Waals surface area contributed by atoms with Crippen LogP contribution in [0.25, 0.3) is 0 Å². The van der Waals surface area contributed by atoms with Gasteiger partial charge in [0, 0.05) is 18.9 Å². The van der Waals surface area contributed by atoms with Gasteiger partial charge < -0.3 is 10.6 Å². The first-order valence-electron chi connectivity index (χ1n) is 6.08. The average molecular weight is 220 g/mol. The molecule has 2 N–H and O–H groups in total. The number of aryl methyl sites for hydroxylation is 1. The Hall–Kier alpha value is -1.16. The van der Waals surface area contributed by atoms with Gasteiger partial charge in [0.05, 0.1) is 0 Å². The summed E-state index contributed by atoms with van der Waals surface area (Å²) in [5, 5.41) is 6.70. The van der Waals surface area contributed by atoms with Gasteiger partial charge in [-0.25, -0.2) is 9.97 Å². The van der Waals surface area contributed by atoms with Crippen LogP contribution in [0.4, 0.5) is 5.95 Å². The van der Waals surface area contributed by atoms with Crippen molar-refractivity contribution in [1.29, 1.82) is 0 Å². The van der Waals surface area contributed by atoms with Crippen molar-refractivity contribution in [3.05, 3.63) is 18.0 Å². The highest BCUT2D eigenvalue weighted by molar-refractivity contribution is 5.23. The molecule has 0 radical (unpaired) electrons. The lowest BCUT2D eigenvalue weighted by atomic mass is 9.96. The molecule has 0 bridgehead atoms. The van der Waals surface area contributed by atoms with Gasteiger partial charge in [-0.15, -0.1) is 0 Å². The molecule has 16 heavy (non-hydrogen) atoms. The number of hydrogen-bond acceptors (Lipinski definition) is 4. The third-order valence-corrected chi connectivity index (χ3v) is 3.02. The summed E-state index contributed by atoms with van der Waals surface area (Å²) < 4.78 is 0. The molecule has 0 aliphatic carbocycles. The van der Waals surface area contributed by atoms with Gasteiger partial charge in [-0.3, -0.25) is 0 Å². The summed E-state index contributed by atoms with van der Waals surface area (Å²) in [5.74, 6) is 1.56. The van der Waals surface area contributed by atoms with E-state index < -0.39 is 0 Å². The van der Waals surface area contributed by atoms with Crippen LogP contribution in [0, 0.1) is 12.8 Å². The van der Waals surface area contributed by atoms with Crippen LogP contribution in [0.1, 0.15) is 24.8 Å². The number of nitrogens with zero attached hydrogens (tertiary/aromatic N) is 2. The second kappa shape index (κ2) is 5.80. The van der Waals surface area contributed by atoms with Gasteiger partial charge in [0.15, 0.2) is 0 Å². The molecule has 88 valence electrons. The van der Waals surface area contributed by atoms with E-state index in [0.717, 1.165) is 30.5 Å². The van der Waals surface area contributed by atoms with Crippen LogP contribution >= 0.6 is 0 Å². The standard InChI is InChI=1S/C12H20N4/c1-10-7-15-12(16-8-10)14-6-4-11-3-2-5-13-9-11/h7-8,11,13H,2-6,9H2,1H3,(H,14,15,16). The fourth-order valence-corrected chi connectivity index (χ4v) is 2.04. The normalized spacial score (nSPS) is 20.7. The van der Waals surface area contributed by atoms with E-state index in [2.05, 4.69) is 20.6 Å². The minimum Gasteiger partial charge on any atom is -0.354 e. The van der Waals surface area contributed by atoms with Crippen molar-refractivity contribution in [1.82, 2.24) is 15.3 Å². The van der Waals surface area contributed by atoms with E-state index >= 15 is 0 Å². The molecule has 0 amide bonds. The van der Waals surface area contributed by atoms with Crippen molar-refractivity contribution < 1.29 is 0 Å². The molecule has 1 aliphatic heterocycles. The molecule has 0 aromatic carbocycles. The highest BCUT2D eigenvalue weighted by atomic mass is 15.1. The molecular weight excluding hydrogens is 200 g/mol. The van der Waals surface area contributed by atoms with Gasteiger partial charge in [-0.1, -0.05) is 0 Å². The lowest BCUT2D eigenvalue weighted by molar-refractivity contribution is 0.364. The molecule has 1 atom stereocenters. The molecule has 0 saturated carbocycles. The Morgan fingerprint density at radius 1 is 1.44 bits per heavy atom. The maximum Gasteiger partial charge on any atom is 0.222 e. The topological polar surface area (TPSA) is 49.8 Å². The molecule has 2 rings (SSSR count). The minimum absolute atomic E-state index is 0.745. The van der Waals surface area contributed by atoms with Crippen LogP contribution in [-0.2, 0) is 0 Å². The van der Waals surface area contributed by atoms with Gasteiger partial charge >= 0.3 is 0 Å². The van der Waals surface area contributed by atoms with Gasteiger partial charge in [-0.05, 0) is 50.8 Å². The van der Waals surface area contributed by atoms with Crippen LogP contribution in [-0.4, -0.2) is 29.6 Å². The minimum atomic E-state index is 0.745. The maximum absolute atomic E-state index is 4.22. The second-order valence-electron chi connectivity index (χ2n) is 4.51. The molecular formula is C12H20N4. The average Bonchev–Trinajstić information content (AvgIpc) is 2.33. The Kier molecular flexibility index (Phi) is 4.10. The van der Waals surface area contributed by atoms with E-state index in [1.807, 2.05) is 19.3 Å². The zero-order chi connectivity index (χ0) is 11.2. The number of hydrogen-bond donors (Lipinski definition) is 2. The summed E-state index contributed by atoms with van der Waals surface area (Å²) in [6.45, 7) is 5.31. The van der Waals surface area contributed by atoms with E-state index in [-0.39, 0.29) is 0 Å². The molecule has 1 unspecified atom stereocenters. The van der Waals surface area contributed by atoms with Gasteiger partial charge in [0.2, 0.25) is 5.95 Å². The largest absolute Gasteiger partial charge is 0.354 e. The number of anilines is 1. The summed E-state index contributed by atoms with van der Waals surface area (Å²) >= 11 is 0. The van der Waals surface area contributed by atoms with E-state index in [0.29, 0.717) is 0 Å². The third-order valence-electron chi connectivity index (χ3n) is 3.02. The highest BCUT2D eigenvalue weighted by Crippen LogP contribution is 2.13. The molecule has 1 aromatic rings. The third kappa shape index (κ3) is 3.45. The molecule has 2 heterocycles. The highest BCUT2D eigenvalue weighted by Gasteiger charge is 2.12. The summed E-state index contributed by atoms with van der Waals surface area (Å²) in [4.78, 5) is 8.45. The van der Waals surface area contributed by atoms with E-state index in [4.69, 9.17) is 0 Å². The summed E-state index contributed by atoms with van der Waals surface area (Å²) in [6.07, 6.45) is 7.55. The predicted octanol–water partition coefficient (Wildman–Crippen LogP) is 1.59. The first-order valence-corrected chi connectivity index (χ1v) is 6.08. The Bertz CT molecular complexity index is 303. The quantitative estimate of drug-likeness (QED) is 0.809. The Balaban J connectivity index is 1.69. The van der Waals surface area contributed by atoms with Crippen LogP contribution < -0.4 is 10.6 Å². The van der Waals surface area contributed by atoms with Crippen LogP contribution in [0.5, 0.6) is 0 Å². The van der Waals surface area contributed by atoms with Crippen molar-refractivity contribution in [2.24, 2.45) is 5.92 Å². The SMILES string of the molecule is Cc1cnc(NCCC2CCCNC2)nc1. The number of piperidine rings is 1. The Morgan fingerprint density at radius 3 is 2.94 bits per heavy atom. The van der Waals surface area contributed by atoms with Crippen molar-refractivity contribution in [2.75, 3.05) is 25.0 Å². The van der Waals surface area contributed by atoms with Crippen molar-refractivity contribution in [3.63, 3.8) is 0 Å². The van der Waals surface area contributed by atoms with E-state index in [9.17, 15) is 0 Å². The molecule has 4 heteroatoms. The number of nitrogens with one attached hydrogen (secondary N) is 2. The summed E-state index contributed by atoms with van der Waals surface area (Å²) in [5.41, 5.74) is 1.10. The number of aromatic nitrogens is 2. The smallest absolute Gasteiger partial charge is 0.222 e. The lowest BCUT2D eigenvalue weighted by Gasteiger charge is -2.22. The summed E-state index contributed by atoms with van der Waals surface area (Å²) in [6, 6.07) is 0. The van der Waals surface area contributed by atoms with E-state index in [1.165, 1.54) is 25.8 Å². The second-order valence-corrected chi connectivity index (χ2v) is 4.51. The summed E-state index contributed by atoms with van der Waals surface area (Å²) in [7, 11) is 0. The van der Waals surface area contributed by atoms with Crippen LogP contribution in [0.3, 0.4) is 0 Å².